The van der Waals surface area contributed by atoms with Crippen molar-refractivity contribution in [3.8, 4) is 0 Å². The number of fused-ring (bicyclic) bond motifs is 1. The van der Waals surface area contributed by atoms with Crippen molar-refractivity contribution in [2.45, 2.75) is 12.5 Å². The van der Waals surface area contributed by atoms with Crippen molar-refractivity contribution in [3.05, 3.63) is 35.3 Å². The van der Waals surface area contributed by atoms with E-state index in [4.69, 9.17) is 4.74 Å². The Balaban J connectivity index is 1.81. The van der Waals surface area contributed by atoms with E-state index in [0.717, 1.165) is 15.2 Å². The van der Waals surface area contributed by atoms with Crippen LogP contribution in [-0.4, -0.2) is 42.4 Å². The van der Waals surface area contributed by atoms with Gasteiger partial charge in [-0.05, 0) is 24.6 Å². The van der Waals surface area contributed by atoms with Gasteiger partial charge in [-0.3, -0.25) is 4.79 Å². The van der Waals surface area contributed by atoms with Crippen LogP contribution in [0.5, 0.6) is 0 Å². The molecule has 21 heavy (non-hydrogen) atoms. The van der Waals surface area contributed by atoms with E-state index in [-0.39, 0.29) is 12.5 Å². The minimum Gasteiger partial charge on any atom is -0.391 e. The van der Waals surface area contributed by atoms with Gasteiger partial charge < -0.3 is 15.2 Å². The molecule has 5 nitrogen and oxygen atoms in total. The molecule has 1 unspecified atom stereocenters. The summed E-state index contributed by atoms with van der Waals surface area (Å²) in [5.74, 6) is -0.195. The predicted molar refractivity (Wildman–Crippen MR) is 84.2 cm³/mol. The lowest BCUT2D eigenvalue weighted by molar-refractivity contribution is -0.116. The standard InChI is InChI=1S/C15H18N2O3S/c1-20-10-11(18)8-9-16-14(19)6-7-15-17-12-4-2-3-5-13(12)21-15/h2-7,11,18H,8-10H2,1H3,(H,16,19)/b7-6+. The Hall–Kier alpha value is -1.76. The van der Waals surface area contributed by atoms with Gasteiger partial charge in [-0.15, -0.1) is 11.3 Å². The summed E-state index contributed by atoms with van der Waals surface area (Å²) in [4.78, 5) is 16.0. The van der Waals surface area contributed by atoms with Crippen LogP contribution in [0.3, 0.4) is 0 Å². The highest BCUT2D eigenvalue weighted by Gasteiger charge is 2.04. The molecule has 2 aromatic rings. The van der Waals surface area contributed by atoms with Crippen molar-refractivity contribution in [1.82, 2.24) is 10.3 Å². The van der Waals surface area contributed by atoms with Crippen LogP contribution >= 0.6 is 11.3 Å². The molecule has 6 heteroatoms. The summed E-state index contributed by atoms with van der Waals surface area (Å²) < 4.78 is 5.91. The van der Waals surface area contributed by atoms with Crippen LogP contribution in [0.25, 0.3) is 16.3 Å². The maximum absolute atomic E-state index is 11.6. The summed E-state index contributed by atoms with van der Waals surface area (Å²) in [6, 6.07) is 7.85. The third-order valence-electron chi connectivity index (χ3n) is 2.82. The van der Waals surface area contributed by atoms with E-state index in [9.17, 15) is 9.90 Å². The molecule has 0 bridgehead atoms. The maximum atomic E-state index is 11.6. The molecule has 0 aliphatic heterocycles. The molecule has 1 aromatic heterocycles. The van der Waals surface area contributed by atoms with Crippen molar-refractivity contribution in [1.29, 1.82) is 0 Å². The number of aliphatic hydroxyl groups excluding tert-OH is 1. The molecule has 0 radical (unpaired) electrons. The fraction of sp³-hybridized carbons (Fsp3) is 0.333. The van der Waals surface area contributed by atoms with Gasteiger partial charge in [0.25, 0.3) is 0 Å². The first-order valence-corrected chi connectivity index (χ1v) is 7.49. The van der Waals surface area contributed by atoms with Crippen LogP contribution in [0.1, 0.15) is 11.4 Å². The molecular weight excluding hydrogens is 288 g/mol. The largest absolute Gasteiger partial charge is 0.391 e. The van der Waals surface area contributed by atoms with Gasteiger partial charge in [-0.2, -0.15) is 0 Å². The van der Waals surface area contributed by atoms with Crippen LogP contribution in [0.15, 0.2) is 30.3 Å². The number of rotatable bonds is 7. The Bertz CT molecular complexity index is 591. The number of aliphatic hydroxyl groups is 1. The van der Waals surface area contributed by atoms with E-state index < -0.39 is 6.10 Å². The molecule has 0 saturated heterocycles. The number of carbonyl (C=O) groups excluding carboxylic acids is 1. The maximum Gasteiger partial charge on any atom is 0.244 e. The predicted octanol–water partition coefficient (Wildman–Crippen LogP) is 1.82. The fourth-order valence-corrected chi connectivity index (χ4v) is 2.68. The Morgan fingerprint density at radius 1 is 1.52 bits per heavy atom. The van der Waals surface area contributed by atoms with Gasteiger partial charge in [-0.1, -0.05) is 12.1 Å². The summed E-state index contributed by atoms with van der Waals surface area (Å²) in [6.07, 6.45) is 3.07. The molecule has 0 fully saturated rings. The number of amides is 1. The van der Waals surface area contributed by atoms with E-state index in [0.29, 0.717) is 13.0 Å². The lowest BCUT2D eigenvalue weighted by atomic mass is 10.2. The molecule has 112 valence electrons. The third kappa shape index (κ3) is 4.93. The Kier molecular flexibility index (Phi) is 5.86. The van der Waals surface area contributed by atoms with Crippen molar-refractivity contribution in [2.75, 3.05) is 20.3 Å². The number of methoxy groups -OCH3 is 1. The number of nitrogens with zero attached hydrogens (tertiary/aromatic N) is 1. The average molecular weight is 306 g/mol. The second-order valence-corrected chi connectivity index (χ2v) is 5.60. The van der Waals surface area contributed by atoms with Crippen molar-refractivity contribution < 1.29 is 14.6 Å². The van der Waals surface area contributed by atoms with Gasteiger partial charge in [-0.25, -0.2) is 4.98 Å². The second-order valence-electron chi connectivity index (χ2n) is 4.54. The van der Waals surface area contributed by atoms with Crippen molar-refractivity contribution in [2.24, 2.45) is 0 Å². The molecule has 2 rings (SSSR count). The number of hydrogen-bond acceptors (Lipinski definition) is 5. The van der Waals surface area contributed by atoms with Crippen molar-refractivity contribution in [3.63, 3.8) is 0 Å². The van der Waals surface area contributed by atoms with Crippen LogP contribution in [0.4, 0.5) is 0 Å². The van der Waals surface area contributed by atoms with Crippen LogP contribution in [0, 0.1) is 0 Å². The second kappa shape index (κ2) is 7.87. The zero-order chi connectivity index (χ0) is 15.1. The monoisotopic (exact) mass is 306 g/mol. The smallest absolute Gasteiger partial charge is 0.244 e. The van der Waals surface area contributed by atoms with E-state index in [1.807, 2.05) is 24.3 Å². The highest BCUT2D eigenvalue weighted by molar-refractivity contribution is 7.19. The summed E-state index contributed by atoms with van der Waals surface area (Å²) in [6.45, 7) is 0.685. The number of nitrogens with one attached hydrogen (secondary N) is 1. The quantitative estimate of drug-likeness (QED) is 0.766. The van der Waals surface area contributed by atoms with E-state index in [2.05, 4.69) is 10.3 Å². The fourth-order valence-electron chi connectivity index (χ4n) is 1.80. The molecular formula is C15H18N2O3S. The normalized spacial score (nSPS) is 12.9. The van der Waals surface area contributed by atoms with Gasteiger partial charge >= 0.3 is 0 Å². The molecule has 1 amide bonds. The third-order valence-corrected chi connectivity index (χ3v) is 3.83. The summed E-state index contributed by atoms with van der Waals surface area (Å²) in [5.41, 5.74) is 0.935. The van der Waals surface area contributed by atoms with Crippen molar-refractivity contribution >= 4 is 33.5 Å². The lowest BCUT2D eigenvalue weighted by Crippen LogP contribution is -2.27. The van der Waals surface area contributed by atoms with Gasteiger partial charge in [0.2, 0.25) is 5.91 Å². The minimum absolute atomic E-state index is 0.195. The summed E-state index contributed by atoms with van der Waals surface area (Å²) in [7, 11) is 1.53. The van der Waals surface area contributed by atoms with E-state index >= 15 is 0 Å². The molecule has 0 aliphatic rings. The number of hydrogen-bond donors (Lipinski definition) is 2. The molecule has 1 atom stereocenters. The van der Waals surface area contributed by atoms with Gasteiger partial charge in [0.1, 0.15) is 5.01 Å². The Morgan fingerprint density at radius 3 is 3.10 bits per heavy atom. The van der Waals surface area contributed by atoms with Crippen LogP contribution in [-0.2, 0) is 9.53 Å². The SMILES string of the molecule is COCC(O)CCNC(=O)/C=C/c1nc2ccccc2s1. The average Bonchev–Trinajstić information content (AvgIpc) is 2.88. The van der Waals surface area contributed by atoms with Gasteiger partial charge in [0, 0.05) is 19.7 Å². The summed E-state index contributed by atoms with van der Waals surface area (Å²) in [5, 5.41) is 13.0. The first kappa shape index (κ1) is 15.6. The number of para-hydroxylation sites is 1. The number of carbonyl (C=O) groups is 1. The number of benzene rings is 1. The minimum atomic E-state index is -0.552. The van der Waals surface area contributed by atoms with Gasteiger partial charge in [0.15, 0.2) is 0 Å². The number of aromatic nitrogens is 1. The molecule has 0 spiro atoms. The topological polar surface area (TPSA) is 71.5 Å². The highest BCUT2D eigenvalue weighted by atomic mass is 32.1. The first-order chi connectivity index (χ1) is 10.2. The Labute approximate surface area is 127 Å². The van der Waals surface area contributed by atoms with E-state index in [1.54, 1.807) is 17.4 Å². The molecule has 0 aliphatic carbocycles. The van der Waals surface area contributed by atoms with Gasteiger partial charge in [0.05, 0.1) is 22.9 Å². The zero-order valence-electron chi connectivity index (χ0n) is 11.8. The molecule has 2 N–H and O–H groups in total. The molecule has 1 heterocycles. The lowest BCUT2D eigenvalue weighted by Gasteiger charge is -2.08. The van der Waals surface area contributed by atoms with Crippen LogP contribution in [0.2, 0.25) is 0 Å². The number of ether oxygens (including phenoxy) is 1. The first-order valence-electron chi connectivity index (χ1n) is 6.67. The van der Waals surface area contributed by atoms with E-state index in [1.165, 1.54) is 13.2 Å². The summed E-state index contributed by atoms with van der Waals surface area (Å²) >= 11 is 1.54. The highest BCUT2D eigenvalue weighted by Crippen LogP contribution is 2.22. The number of thiazole rings is 1. The molecule has 1 aromatic carbocycles. The zero-order valence-corrected chi connectivity index (χ0v) is 12.6. The Morgan fingerprint density at radius 2 is 2.33 bits per heavy atom. The molecule has 0 saturated carbocycles. The van der Waals surface area contributed by atoms with Crippen LogP contribution < -0.4 is 5.32 Å².